The van der Waals surface area contributed by atoms with Crippen LogP contribution in [0.2, 0.25) is 0 Å². The monoisotopic (exact) mass is 438 g/mol. The Morgan fingerprint density at radius 2 is 1.82 bits per heavy atom. The SMILES string of the molecule is O=C(Oc1ccc2c(c1)O/C(=C\c1cccc(F)c1)C2=O)c1ccc(Br)cc1. The fourth-order valence-corrected chi connectivity index (χ4v) is 2.99. The fraction of sp³-hybridized carbons (Fsp3) is 0. The van der Waals surface area contributed by atoms with Crippen LogP contribution in [0.3, 0.4) is 0 Å². The zero-order chi connectivity index (χ0) is 19.7. The minimum Gasteiger partial charge on any atom is -0.452 e. The summed E-state index contributed by atoms with van der Waals surface area (Å²) in [6, 6.07) is 17.1. The van der Waals surface area contributed by atoms with Gasteiger partial charge in [0, 0.05) is 10.5 Å². The topological polar surface area (TPSA) is 52.6 Å². The van der Waals surface area contributed by atoms with Gasteiger partial charge in [0.1, 0.15) is 17.3 Å². The van der Waals surface area contributed by atoms with Gasteiger partial charge < -0.3 is 9.47 Å². The average molecular weight is 439 g/mol. The van der Waals surface area contributed by atoms with Crippen molar-refractivity contribution in [3.63, 3.8) is 0 Å². The number of hydrogen-bond acceptors (Lipinski definition) is 4. The number of ether oxygens (including phenoxy) is 2. The van der Waals surface area contributed by atoms with Crippen LogP contribution in [-0.4, -0.2) is 11.8 Å². The van der Waals surface area contributed by atoms with Crippen LogP contribution in [0.25, 0.3) is 6.08 Å². The first-order valence-corrected chi connectivity index (χ1v) is 9.10. The van der Waals surface area contributed by atoms with Crippen molar-refractivity contribution in [2.24, 2.45) is 0 Å². The maximum absolute atomic E-state index is 13.3. The normalized spacial score (nSPS) is 13.9. The van der Waals surface area contributed by atoms with Crippen LogP contribution in [0.4, 0.5) is 4.39 Å². The lowest BCUT2D eigenvalue weighted by molar-refractivity contribution is 0.0734. The van der Waals surface area contributed by atoms with Crippen molar-refractivity contribution in [1.29, 1.82) is 0 Å². The van der Waals surface area contributed by atoms with Gasteiger partial charge in [-0.25, -0.2) is 9.18 Å². The molecule has 0 spiro atoms. The third kappa shape index (κ3) is 3.73. The van der Waals surface area contributed by atoms with Crippen LogP contribution in [0.5, 0.6) is 11.5 Å². The molecular formula is C22H12BrFO4. The van der Waals surface area contributed by atoms with Crippen molar-refractivity contribution in [1.82, 2.24) is 0 Å². The lowest BCUT2D eigenvalue weighted by atomic mass is 10.1. The third-order valence-electron chi connectivity index (χ3n) is 4.08. The highest BCUT2D eigenvalue weighted by molar-refractivity contribution is 9.10. The van der Waals surface area contributed by atoms with Gasteiger partial charge >= 0.3 is 5.97 Å². The summed E-state index contributed by atoms with van der Waals surface area (Å²) in [6.45, 7) is 0. The number of halogens is 2. The van der Waals surface area contributed by atoms with Gasteiger partial charge in [-0.3, -0.25) is 4.79 Å². The molecule has 1 aliphatic heterocycles. The molecule has 4 rings (SSSR count). The molecule has 1 heterocycles. The Hall–Kier alpha value is -3.25. The first kappa shape index (κ1) is 18.1. The van der Waals surface area contributed by atoms with E-state index in [1.54, 1.807) is 36.4 Å². The van der Waals surface area contributed by atoms with Crippen LogP contribution in [0.1, 0.15) is 26.3 Å². The van der Waals surface area contributed by atoms with E-state index in [9.17, 15) is 14.0 Å². The summed E-state index contributed by atoms with van der Waals surface area (Å²) in [5, 5.41) is 0. The van der Waals surface area contributed by atoms with E-state index >= 15 is 0 Å². The second-order valence-electron chi connectivity index (χ2n) is 6.05. The van der Waals surface area contributed by atoms with Crippen LogP contribution >= 0.6 is 15.9 Å². The molecule has 0 radical (unpaired) electrons. The van der Waals surface area contributed by atoms with E-state index < -0.39 is 11.8 Å². The van der Waals surface area contributed by atoms with E-state index in [1.807, 2.05) is 0 Å². The Kier molecular flexibility index (Phi) is 4.79. The molecular weight excluding hydrogens is 427 g/mol. The average Bonchev–Trinajstić information content (AvgIpc) is 2.97. The molecule has 0 unspecified atom stereocenters. The summed E-state index contributed by atoms with van der Waals surface area (Å²) in [6.07, 6.45) is 1.47. The summed E-state index contributed by atoms with van der Waals surface area (Å²) in [5.74, 6) is -0.617. The molecule has 6 heteroatoms. The summed E-state index contributed by atoms with van der Waals surface area (Å²) in [4.78, 5) is 24.7. The molecule has 1 aliphatic rings. The number of allylic oxidation sites excluding steroid dienone is 1. The van der Waals surface area contributed by atoms with Gasteiger partial charge in [-0.15, -0.1) is 0 Å². The Morgan fingerprint density at radius 3 is 2.57 bits per heavy atom. The molecule has 3 aromatic rings. The third-order valence-corrected chi connectivity index (χ3v) is 4.61. The second-order valence-corrected chi connectivity index (χ2v) is 6.96. The molecule has 0 atom stereocenters. The highest BCUT2D eigenvalue weighted by Crippen LogP contribution is 2.35. The van der Waals surface area contributed by atoms with Gasteiger partial charge in [-0.2, -0.15) is 0 Å². The Morgan fingerprint density at radius 1 is 1.04 bits per heavy atom. The van der Waals surface area contributed by atoms with E-state index in [-0.39, 0.29) is 23.0 Å². The Labute approximate surface area is 168 Å². The molecule has 0 N–H and O–H groups in total. The zero-order valence-electron chi connectivity index (χ0n) is 14.3. The molecule has 138 valence electrons. The number of fused-ring (bicyclic) bond motifs is 1. The number of carbonyl (C=O) groups excluding carboxylic acids is 2. The minimum atomic E-state index is -0.521. The van der Waals surface area contributed by atoms with Gasteiger partial charge in [-0.1, -0.05) is 28.1 Å². The van der Waals surface area contributed by atoms with E-state index in [0.717, 1.165) is 4.47 Å². The van der Waals surface area contributed by atoms with E-state index in [0.29, 0.717) is 16.7 Å². The summed E-state index contributed by atoms with van der Waals surface area (Å²) in [5.41, 5.74) is 1.26. The van der Waals surface area contributed by atoms with Gasteiger partial charge in [0.05, 0.1) is 11.1 Å². The standard InChI is InChI=1S/C22H12BrFO4/c23-15-6-4-14(5-7-15)22(26)27-17-8-9-18-19(12-17)28-20(21(18)25)11-13-2-1-3-16(24)10-13/h1-12H/b20-11-. The maximum atomic E-state index is 13.3. The first-order valence-electron chi connectivity index (χ1n) is 8.31. The van der Waals surface area contributed by atoms with Crippen molar-refractivity contribution in [2.45, 2.75) is 0 Å². The number of ketones is 1. The predicted molar refractivity (Wildman–Crippen MR) is 105 cm³/mol. The minimum absolute atomic E-state index is 0.0805. The van der Waals surface area contributed by atoms with E-state index in [1.165, 1.54) is 36.4 Å². The van der Waals surface area contributed by atoms with Crippen molar-refractivity contribution >= 4 is 33.8 Å². The number of benzene rings is 3. The van der Waals surface area contributed by atoms with Gasteiger partial charge in [0.2, 0.25) is 5.78 Å². The highest BCUT2D eigenvalue weighted by Gasteiger charge is 2.28. The summed E-state index contributed by atoms with van der Waals surface area (Å²) >= 11 is 3.31. The molecule has 28 heavy (non-hydrogen) atoms. The Balaban J connectivity index is 1.55. The predicted octanol–water partition coefficient (Wildman–Crippen LogP) is 5.42. The fourth-order valence-electron chi connectivity index (χ4n) is 2.73. The van der Waals surface area contributed by atoms with Crippen LogP contribution in [-0.2, 0) is 0 Å². The largest absolute Gasteiger partial charge is 0.452 e. The molecule has 0 bridgehead atoms. The summed E-state index contributed by atoms with van der Waals surface area (Å²) < 4.78 is 25.1. The van der Waals surface area contributed by atoms with Crippen molar-refractivity contribution < 1.29 is 23.5 Å². The molecule has 0 amide bonds. The molecule has 0 saturated heterocycles. The number of rotatable bonds is 3. The zero-order valence-corrected chi connectivity index (χ0v) is 15.9. The second kappa shape index (κ2) is 7.40. The molecule has 3 aromatic carbocycles. The highest BCUT2D eigenvalue weighted by atomic mass is 79.9. The van der Waals surface area contributed by atoms with E-state index in [4.69, 9.17) is 9.47 Å². The van der Waals surface area contributed by atoms with E-state index in [2.05, 4.69) is 15.9 Å². The smallest absolute Gasteiger partial charge is 0.343 e. The molecule has 0 aliphatic carbocycles. The lowest BCUT2D eigenvalue weighted by Crippen LogP contribution is -2.08. The molecule has 0 fully saturated rings. The van der Waals surface area contributed by atoms with Crippen molar-refractivity contribution in [2.75, 3.05) is 0 Å². The van der Waals surface area contributed by atoms with Gasteiger partial charge in [0.15, 0.2) is 5.76 Å². The van der Waals surface area contributed by atoms with Crippen LogP contribution in [0, 0.1) is 5.82 Å². The van der Waals surface area contributed by atoms with Crippen LogP contribution in [0.15, 0.2) is 77.0 Å². The van der Waals surface area contributed by atoms with Crippen molar-refractivity contribution in [3.8, 4) is 11.5 Å². The number of esters is 1. The van der Waals surface area contributed by atoms with Crippen molar-refractivity contribution in [3.05, 3.63) is 99.5 Å². The molecule has 0 saturated carbocycles. The number of hydrogen-bond donors (Lipinski definition) is 0. The maximum Gasteiger partial charge on any atom is 0.343 e. The van der Waals surface area contributed by atoms with Gasteiger partial charge in [0.25, 0.3) is 0 Å². The number of Topliss-reactive ketones (excluding diaryl/α,β-unsaturated/α-hetero) is 1. The quantitative estimate of drug-likeness (QED) is 0.311. The molecule has 0 aromatic heterocycles. The number of carbonyl (C=O) groups is 2. The molecule has 4 nitrogen and oxygen atoms in total. The lowest BCUT2D eigenvalue weighted by Gasteiger charge is -2.06. The Bertz CT molecular complexity index is 1120. The van der Waals surface area contributed by atoms with Gasteiger partial charge in [-0.05, 0) is 60.2 Å². The van der Waals surface area contributed by atoms with Crippen LogP contribution < -0.4 is 9.47 Å². The summed E-state index contributed by atoms with van der Waals surface area (Å²) in [7, 11) is 0. The first-order chi connectivity index (χ1) is 13.5.